The number of aromatic nitrogens is 4. The summed E-state index contributed by atoms with van der Waals surface area (Å²) in [4.78, 5) is 22.3. The second-order valence-corrected chi connectivity index (χ2v) is 14.9. The van der Waals surface area contributed by atoms with Gasteiger partial charge in [-0.2, -0.15) is 0 Å². The van der Waals surface area contributed by atoms with Gasteiger partial charge in [0, 0.05) is 47.0 Å². The van der Waals surface area contributed by atoms with Crippen molar-refractivity contribution in [2.24, 2.45) is 0 Å². The molecule has 2 aliphatic heterocycles. The first kappa shape index (κ1) is 29.0. The van der Waals surface area contributed by atoms with Gasteiger partial charge in [0.05, 0.1) is 57.3 Å². The summed E-state index contributed by atoms with van der Waals surface area (Å²) in [6.45, 7) is 8.78. The number of rotatable bonds is 4. The van der Waals surface area contributed by atoms with E-state index in [0.717, 1.165) is 56.4 Å². The molecular formula is C38H32N6O2S. The monoisotopic (exact) mass is 636 g/mol. The highest BCUT2D eigenvalue weighted by atomic mass is 32.2. The Morgan fingerprint density at radius 1 is 0.447 bits per heavy atom. The summed E-state index contributed by atoms with van der Waals surface area (Å²) in [7, 11) is -3.80. The van der Waals surface area contributed by atoms with E-state index < -0.39 is 9.84 Å². The Morgan fingerprint density at radius 3 is 1.00 bits per heavy atom. The highest BCUT2D eigenvalue weighted by Crippen LogP contribution is 2.52. The number of fused-ring (bicyclic) bond motifs is 4. The summed E-state index contributed by atoms with van der Waals surface area (Å²) in [5.41, 5.74) is 9.48. The SMILES string of the molecule is CC1(C)c2ccncc2N(c2ccc(S(=O)(=O)c3ccc(N4c5cnccc5C(C)(C)c5ccncc54)cc3)cc2)c2cnccc21. The first-order valence-electron chi connectivity index (χ1n) is 15.4. The predicted molar refractivity (Wildman–Crippen MR) is 183 cm³/mol. The van der Waals surface area contributed by atoms with Gasteiger partial charge in [-0.1, -0.05) is 27.7 Å². The third-order valence-electron chi connectivity index (χ3n) is 9.67. The zero-order valence-corrected chi connectivity index (χ0v) is 27.3. The lowest BCUT2D eigenvalue weighted by Crippen LogP contribution is -2.30. The lowest BCUT2D eigenvalue weighted by atomic mass is 9.74. The van der Waals surface area contributed by atoms with Crippen LogP contribution in [0.2, 0.25) is 0 Å². The van der Waals surface area contributed by atoms with Gasteiger partial charge in [0.25, 0.3) is 0 Å². The van der Waals surface area contributed by atoms with Gasteiger partial charge < -0.3 is 9.80 Å². The van der Waals surface area contributed by atoms with E-state index in [1.54, 1.807) is 24.3 Å². The van der Waals surface area contributed by atoms with Crippen molar-refractivity contribution in [3.8, 4) is 0 Å². The number of pyridine rings is 4. The zero-order valence-electron chi connectivity index (χ0n) is 26.5. The summed E-state index contributed by atoms with van der Waals surface area (Å²) in [6, 6.07) is 22.2. The quantitative estimate of drug-likeness (QED) is 0.191. The van der Waals surface area contributed by atoms with Crippen LogP contribution in [0.25, 0.3) is 0 Å². The van der Waals surface area contributed by atoms with Crippen molar-refractivity contribution >= 4 is 44.0 Å². The van der Waals surface area contributed by atoms with Crippen LogP contribution in [0.15, 0.2) is 132 Å². The number of hydrogen-bond acceptors (Lipinski definition) is 8. The Labute approximate surface area is 274 Å². The number of hydrogen-bond donors (Lipinski definition) is 0. The van der Waals surface area contributed by atoms with Crippen molar-refractivity contribution in [3.05, 3.63) is 145 Å². The van der Waals surface area contributed by atoms with Crippen LogP contribution in [0.1, 0.15) is 49.9 Å². The van der Waals surface area contributed by atoms with Crippen LogP contribution in [0.5, 0.6) is 0 Å². The molecule has 2 aromatic carbocycles. The molecule has 0 saturated heterocycles. The van der Waals surface area contributed by atoms with E-state index in [1.165, 1.54) is 0 Å². The number of benzene rings is 2. The fourth-order valence-corrected chi connectivity index (χ4v) is 8.42. The smallest absolute Gasteiger partial charge is 0.206 e. The zero-order chi connectivity index (χ0) is 32.6. The normalized spacial score (nSPS) is 15.7. The Hall–Kier alpha value is -5.41. The highest BCUT2D eigenvalue weighted by molar-refractivity contribution is 7.91. The first-order valence-corrected chi connectivity index (χ1v) is 16.9. The summed E-state index contributed by atoms with van der Waals surface area (Å²) in [6.07, 6.45) is 14.6. The van der Waals surface area contributed by atoms with Gasteiger partial charge >= 0.3 is 0 Å². The molecule has 0 radical (unpaired) electrons. The molecule has 0 atom stereocenters. The van der Waals surface area contributed by atoms with Crippen LogP contribution in [0, 0.1) is 0 Å². The van der Waals surface area contributed by atoms with E-state index in [1.807, 2.05) is 98.1 Å². The molecule has 6 aromatic rings. The van der Waals surface area contributed by atoms with Gasteiger partial charge in [-0.3, -0.25) is 19.9 Å². The fraction of sp³-hybridized carbons (Fsp3) is 0.158. The minimum Gasteiger partial charge on any atom is -0.307 e. The third-order valence-corrected chi connectivity index (χ3v) is 11.5. The molecule has 8 nitrogen and oxygen atoms in total. The maximum absolute atomic E-state index is 13.9. The lowest BCUT2D eigenvalue weighted by molar-refractivity contribution is 0.596. The average molecular weight is 637 g/mol. The van der Waals surface area contributed by atoms with E-state index in [-0.39, 0.29) is 20.6 Å². The molecule has 0 spiro atoms. The van der Waals surface area contributed by atoms with Crippen LogP contribution < -0.4 is 9.80 Å². The topological polar surface area (TPSA) is 92.2 Å². The van der Waals surface area contributed by atoms with Crippen LogP contribution in [0.3, 0.4) is 0 Å². The van der Waals surface area contributed by atoms with Gasteiger partial charge in [-0.25, -0.2) is 8.42 Å². The maximum Gasteiger partial charge on any atom is 0.206 e. The predicted octanol–water partition coefficient (Wildman–Crippen LogP) is 8.32. The number of nitrogens with zero attached hydrogens (tertiary/aromatic N) is 6. The van der Waals surface area contributed by atoms with Crippen molar-refractivity contribution in [3.63, 3.8) is 0 Å². The first-order chi connectivity index (χ1) is 22.6. The second-order valence-electron chi connectivity index (χ2n) is 13.0. The molecule has 2 aliphatic rings. The molecule has 4 aromatic heterocycles. The molecule has 6 heterocycles. The van der Waals surface area contributed by atoms with E-state index in [0.29, 0.717) is 0 Å². The minimum atomic E-state index is -3.80. The largest absolute Gasteiger partial charge is 0.307 e. The Balaban J connectivity index is 1.14. The molecule has 0 saturated carbocycles. The molecule has 0 fully saturated rings. The highest BCUT2D eigenvalue weighted by Gasteiger charge is 2.38. The van der Waals surface area contributed by atoms with E-state index >= 15 is 0 Å². The van der Waals surface area contributed by atoms with Crippen molar-refractivity contribution in [1.82, 2.24) is 19.9 Å². The summed E-state index contributed by atoms with van der Waals surface area (Å²) in [5.74, 6) is 0. The minimum absolute atomic E-state index is 0.216. The Bertz CT molecular complexity index is 2030. The molecule has 232 valence electrons. The van der Waals surface area contributed by atoms with E-state index in [2.05, 4.69) is 57.4 Å². The molecule has 9 heteroatoms. The van der Waals surface area contributed by atoms with Gasteiger partial charge in [0.15, 0.2) is 0 Å². The number of sulfone groups is 1. The summed E-state index contributed by atoms with van der Waals surface area (Å²) in [5, 5.41) is 0. The van der Waals surface area contributed by atoms with Crippen molar-refractivity contribution in [1.29, 1.82) is 0 Å². The van der Waals surface area contributed by atoms with E-state index in [9.17, 15) is 8.42 Å². The average Bonchev–Trinajstić information content (AvgIpc) is 3.09. The maximum atomic E-state index is 13.9. The molecule has 0 unspecified atom stereocenters. The van der Waals surface area contributed by atoms with Crippen molar-refractivity contribution < 1.29 is 8.42 Å². The third kappa shape index (κ3) is 4.30. The molecule has 47 heavy (non-hydrogen) atoms. The van der Waals surface area contributed by atoms with Gasteiger partial charge in [0.1, 0.15) is 0 Å². The summed E-state index contributed by atoms with van der Waals surface area (Å²) < 4.78 is 27.8. The van der Waals surface area contributed by atoms with Crippen LogP contribution in [-0.2, 0) is 20.7 Å². The van der Waals surface area contributed by atoms with Crippen LogP contribution >= 0.6 is 0 Å². The van der Waals surface area contributed by atoms with Gasteiger partial charge in [-0.15, -0.1) is 0 Å². The Kier molecular flexibility index (Phi) is 6.36. The van der Waals surface area contributed by atoms with E-state index in [4.69, 9.17) is 0 Å². The molecule has 0 bridgehead atoms. The van der Waals surface area contributed by atoms with Gasteiger partial charge in [-0.05, 0) is 95.1 Å². The van der Waals surface area contributed by atoms with Crippen LogP contribution in [-0.4, -0.2) is 28.4 Å². The Morgan fingerprint density at radius 2 is 0.723 bits per heavy atom. The van der Waals surface area contributed by atoms with Crippen molar-refractivity contribution in [2.75, 3.05) is 9.80 Å². The van der Waals surface area contributed by atoms with Gasteiger partial charge in [0.2, 0.25) is 9.84 Å². The van der Waals surface area contributed by atoms with Crippen molar-refractivity contribution in [2.45, 2.75) is 48.3 Å². The lowest BCUT2D eigenvalue weighted by Gasteiger charge is -2.41. The number of anilines is 6. The summed E-state index contributed by atoms with van der Waals surface area (Å²) >= 11 is 0. The molecule has 0 amide bonds. The molecule has 8 rings (SSSR count). The fourth-order valence-electron chi connectivity index (χ4n) is 7.16. The standard InChI is InChI=1S/C38H32N6O2S/c1-37(2)29-13-17-39-21-33(29)43(34-22-40-18-14-30(34)37)25-5-9-27(10-6-25)47(45,46)28-11-7-26(8-12-28)44-35-23-41-19-15-31(35)38(3,4)32-16-20-42-24-36(32)44/h5-24H,1-4H3. The molecular weight excluding hydrogens is 605 g/mol. The molecule has 0 N–H and O–H groups in total. The van der Waals surface area contributed by atoms with Crippen LogP contribution in [0.4, 0.5) is 34.1 Å². The second kappa shape index (κ2) is 10.3. The molecule has 0 aliphatic carbocycles.